The molecule has 0 aromatic carbocycles. The van der Waals surface area contributed by atoms with E-state index in [1.165, 1.54) is 25.7 Å². The highest BCUT2D eigenvalue weighted by Gasteiger charge is 2.38. The van der Waals surface area contributed by atoms with Gasteiger partial charge < -0.3 is 0 Å². The van der Waals surface area contributed by atoms with Gasteiger partial charge in [-0.3, -0.25) is 9.69 Å². The van der Waals surface area contributed by atoms with Crippen molar-refractivity contribution in [3.05, 3.63) is 0 Å². The number of hydrogen-bond donors (Lipinski definition) is 0. The first kappa shape index (κ1) is 10.2. The maximum absolute atomic E-state index is 11.3. The molecule has 1 aliphatic carbocycles. The monoisotopic (exact) mass is 195 g/mol. The first-order valence-electron chi connectivity index (χ1n) is 5.85. The van der Waals surface area contributed by atoms with Crippen molar-refractivity contribution in [3.63, 3.8) is 0 Å². The quantitative estimate of drug-likeness (QED) is 0.639. The van der Waals surface area contributed by atoms with E-state index in [1.54, 1.807) is 0 Å². The van der Waals surface area contributed by atoms with Gasteiger partial charge in [-0.15, -0.1) is 0 Å². The van der Waals surface area contributed by atoms with Crippen LogP contribution in [0.3, 0.4) is 0 Å². The topological polar surface area (TPSA) is 20.3 Å². The average molecular weight is 195 g/mol. The van der Waals surface area contributed by atoms with Crippen molar-refractivity contribution >= 4 is 5.78 Å². The number of carbonyl (C=O) groups excluding carboxylic acids is 1. The number of hydrogen-bond acceptors (Lipinski definition) is 2. The summed E-state index contributed by atoms with van der Waals surface area (Å²) >= 11 is 0. The summed E-state index contributed by atoms with van der Waals surface area (Å²) in [7, 11) is 0. The standard InChI is InChI=1S/C12H21NO/c1-12(2)7-4-3-5-11(12)13-8-6-10(14)9-13/h11H,3-9H2,1-2H3. The molecule has 1 atom stereocenters. The van der Waals surface area contributed by atoms with Gasteiger partial charge in [0.25, 0.3) is 0 Å². The molecule has 2 aliphatic rings. The van der Waals surface area contributed by atoms with E-state index in [4.69, 9.17) is 0 Å². The van der Waals surface area contributed by atoms with Crippen molar-refractivity contribution in [1.29, 1.82) is 0 Å². The number of carbonyl (C=O) groups is 1. The summed E-state index contributed by atoms with van der Waals surface area (Å²) in [5.74, 6) is 0.436. The predicted octanol–water partition coefficient (Wildman–Crippen LogP) is 2.23. The second-order valence-electron chi connectivity index (χ2n) is 5.51. The Balaban J connectivity index is 2.04. The Kier molecular flexibility index (Phi) is 2.65. The molecule has 2 nitrogen and oxygen atoms in total. The second-order valence-corrected chi connectivity index (χ2v) is 5.51. The van der Waals surface area contributed by atoms with Crippen LogP contribution in [0.5, 0.6) is 0 Å². The number of Topliss-reactive ketones (excluding diaryl/α,β-unsaturated/α-hetero) is 1. The maximum atomic E-state index is 11.3. The lowest BCUT2D eigenvalue weighted by atomic mass is 9.72. The van der Waals surface area contributed by atoms with Crippen molar-refractivity contribution in [2.45, 2.75) is 52.0 Å². The van der Waals surface area contributed by atoms with Crippen molar-refractivity contribution in [1.82, 2.24) is 4.90 Å². The van der Waals surface area contributed by atoms with E-state index in [0.717, 1.165) is 13.0 Å². The van der Waals surface area contributed by atoms with Crippen molar-refractivity contribution in [2.75, 3.05) is 13.1 Å². The molecule has 1 saturated carbocycles. The van der Waals surface area contributed by atoms with Crippen LogP contribution >= 0.6 is 0 Å². The minimum Gasteiger partial charge on any atom is -0.298 e. The van der Waals surface area contributed by atoms with Gasteiger partial charge in [-0.1, -0.05) is 26.7 Å². The number of nitrogens with zero attached hydrogens (tertiary/aromatic N) is 1. The number of ketones is 1. The Morgan fingerprint density at radius 1 is 1.36 bits per heavy atom. The number of likely N-dealkylation sites (tertiary alicyclic amines) is 1. The molecular formula is C12H21NO. The molecule has 14 heavy (non-hydrogen) atoms. The van der Waals surface area contributed by atoms with Crippen molar-refractivity contribution in [2.24, 2.45) is 5.41 Å². The Morgan fingerprint density at radius 3 is 2.71 bits per heavy atom. The van der Waals surface area contributed by atoms with Crippen molar-refractivity contribution < 1.29 is 4.79 Å². The van der Waals surface area contributed by atoms with Crippen LogP contribution in [0, 0.1) is 5.41 Å². The fourth-order valence-electron chi connectivity index (χ4n) is 3.07. The van der Waals surface area contributed by atoms with Gasteiger partial charge in [-0.25, -0.2) is 0 Å². The first-order valence-corrected chi connectivity index (χ1v) is 5.85. The number of rotatable bonds is 1. The van der Waals surface area contributed by atoms with E-state index in [9.17, 15) is 4.79 Å². The second kappa shape index (κ2) is 3.65. The van der Waals surface area contributed by atoms with Crippen LogP contribution in [0.25, 0.3) is 0 Å². The van der Waals surface area contributed by atoms with Crippen LogP contribution in [0.4, 0.5) is 0 Å². The summed E-state index contributed by atoms with van der Waals surface area (Å²) in [4.78, 5) is 13.7. The third kappa shape index (κ3) is 1.85. The van der Waals surface area contributed by atoms with Crippen LogP contribution in [0.15, 0.2) is 0 Å². The molecule has 2 fully saturated rings. The van der Waals surface area contributed by atoms with Gasteiger partial charge in [0.1, 0.15) is 5.78 Å². The van der Waals surface area contributed by atoms with E-state index < -0.39 is 0 Å². The van der Waals surface area contributed by atoms with E-state index in [0.29, 0.717) is 23.8 Å². The van der Waals surface area contributed by atoms with Crippen LogP contribution in [-0.2, 0) is 4.79 Å². The van der Waals surface area contributed by atoms with E-state index in [-0.39, 0.29) is 0 Å². The molecule has 0 amide bonds. The first-order chi connectivity index (χ1) is 6.59. The van der Waals surface area contributed by atoms with Crippen LogP contribution in [0.1, 0.15) is 46.0 Å². The molecule has 1 aliphatic heterocycles. The molecule has 1 unspecified atom stereocenters. The molecule has 0 radical (unpaired) electrons. The highest BCUT2D eigenvalue weighted by Crippen LogP contribution is 2.39. The van der Waals surface area contributed by atoms with Gasteiger partial charge in [-0.2, -0.15) is 0 Å². The summed E-state index contributed by atoms with van der Waals surface area (Å²) in [6.45, 7) is 6.44. The highest BCUT2D eigenvalue weighted by molar-refractivity contribution is 5.82. The Morgan fingerprint density at radius 2 is 2.14 bits per heavy atom. The lowest BCUT2D eigenvalue weighted by molar-refractivity contribution is -0.117. The predicted molar refractivity (Wildman–Crippen MR) is 57.2 cm³/mol. The Bertz CT molecular complexity index is 234. The van der Waals surface area contributed by atoms with Crippen LogP contribution < -0.4 is 0 Å². The Hall–Kier alpha value is -0.370. The normalized spacial score (nSPS) is 33.6. The molecular weight excluding hydrogens is 174 g/mol. The average Bonchev–Trinajstić information content (AvgIpc) is 2.51. The molecule has 1 heterocycles. The molecule has 1 saturated heterocycles. The zero-order valence-corrected chi connectivity index (χ0v) is 9.38. The fourth-order valence-corrected chi connectivity index (χ4v) is 3.07. The highest BCUT2D eigenvalue weighted by atomic mass is 16.1. The summed E-state index contributed by atoms with van der Waals surface area (Å²) < 4.78 is 0. The fraction of sp³-hybridized carbons (Fsp3) is 0.917. The minimum atomic E-state index is 0.420. The molecule has 0 aromatic heterocycles. The maximum Gasteiger partial charge on any atom is 0.148 e. The third-order valence-electron chi connectivity index (χ3n) is 3.95. The summed E-state index contributed by atoms with van der Waals surface area (Å²) in [6, 6.07) is 0.655. The molecule has 2 rings (SSSR count). The van der Waals surface area contributed by atoms with Gasteiger partial charge in [0.15, 0.2) is 0 Å². The molecule has 0 bridgehead atoms. The van der Waals surface area contributed by atoms with Gasteiger partial charge in [0, 0.05) is 19.0 Å². The zero-order valence-electron chi connectivity index (χ0n) is 9.38. The van der Waals surface area contributed by atoms with E-state index in [2.05, 4.69) is 18.7 Å². The van der Waals surface area contributed by atoms with Crippen LogP contribution in [-0.4, -0.2) is 29.8 Å². The SMILES string of the molecule is CC1(C)CCCCC1N1CCC(=O)C1. The summed E-state index contributed by atoms with van der Waals surface area (Å²) in [6.07, 6.45) is 6.11. The zero-order chi connectivity index (χ0) is 10.2. The lowest BCUT2D eigenvalue weighted by Gasteiger charge is -2.43. The molecule has 0 N–H and O–H groups in total. The van der Waals surface area contributed by atoms with Gasteiger partial charge in [-0.05, 0) is 18.3 Å². The molecule has 2 heteroatoms. The lowest BCUT2D eigenvalue weighted by Crippen LogP contribution is -2.46. The summed E-state index contributed by atoms with van der Waals surface area (Å²) in [5, 5.41) is 0. The minimum absolute atomic E-state index is 0.420. The molecule has 0 spiro atoms. The summed E-state index contributed by atoms with van der Waals surface area (Å²) in [5.41, 5.74) is 0.420. The van der Waals surface area contributed by atoms with Gasteiger partial charge in [0.2, 0.25) is 0 Å². The smallest absolute Gasteiger partial charge is 0.148 e. The largest absolute Gasteiger partial charge is 0.298 e. The van der Waals surface area contributed by atoms with Crippen LogP contribution in [0.2, 0.25) is 0 Å². The van der Waals surface area contributed by atoms with Gasteiger partial charge in [0.05, 0.1) is 6.54 Å². The van der Waals surface area contributed by atoms with Gasteiger partial charge >= 0.3 is 0 Å². The van der Waals surface area contributed by atoms with E-state index >= 15 is 0 Å². The molecule has 80 valence electrons. The van der Waals surface area contributed by atoms with E-state index in [1.807, 2.05) is 0 Å². The Labute approximate surface area is 86.7 Å². The third-order valence-corrected chi connectivity index (χ3v) is 3.95. The molecule has 0 aromatic rings. The van der Waals surface area contributed by atoms with Crippen molar-refractivity contribution in [3.8, 4) is 0 Å².